The van der Waals surface area contributed by atoms with Crippen molar-refractivity contribution in [1.82, 2.24) is 4.98 Å². The summed E-state index contributed by atoms with van der Waals surface area (Å²) in [6.07, 6.45) is 1.10. The van der Waals surface area contributed by atoms with Crippen molar-refractivity contribution in [2.45, 2.75) is 0 Å². The number of para-hydroxylation sites is 1. The summed E-state index contributed by atoms with van der Waals surface area (Å²) in [6, 6.07) is 8.41. The molecule has 0 aliphatic carbocycles. The zero-order valence-electron chi connectivity index (χ0n) is 10.4. The topological polar surface area (TPSA) is 126 Å². The number of nitriles is 1. The molecular formula is C13H7N3O5. The number of aromatic nitrogens is 1. The van der Waals surface area contributed by atoms with Gasteiger partial charge < -0.3 is 9.84 Å². The number of carboxylic acids is 1. The molecule has 0 fully saturated rings. The molecule has 0 aliphatic rings. The monoisotopic (exact) mass is 285 g/mol. The molecule has 1 N–H and O–H groups in total. The third kappa shape index (κ3) is 2.93. The van der Waals surface area contributed by atoms with Crippen LogP contribution in [0.3, 0.4) is 0 Å². The maximum Gasteiger partial charge on any atom is 0.339 e. The summed E-state index contributed by atoms with van der Waals surface area (Å²) in [7, 11) is 0. The van der Waals surface area contributed by atoms with Gasteiger partial charge in [-0.05, 0) is 12.1 Å². The summed E-state index contributed by atoms with van der Waals surface area (Å²) in [5.74, 6) is -1.69. The molecule has 0 aliphatic heterocycles. The number of nitro groups is 1. The zero-order valence-corrected chi connectivity index (χ0v) is 10.4. The molecule has 21 heavy (non-hydrogen) atoms. The highest BCUT2D eigenvalue weighted by Crippen LogP contribution is 2.31. The molecule has 0 saturated carbocycles. The Morgan fingerprint density at radius 1 is 1.43 bits per heavy atom. The largest absolute Gasteiger partial charge is 0.478 e. The molecule has 1 aromatic carbocycles. The van der Waals surface area contributed by atoms with Crippen LogP contribution in [0, 0.1) is 21.4 Å². The quantitative estimate of drug-likeness (QED) is 0.674. The number of ether oxygens (including phenoxy) is 1. The first-order valence-electron chi connectivity index (χ1n) is 5.57. The number of hydrogen-bond donors (Lipinski definition) is 1. The third-order valence-electron chi connectivity index (χ3n) is 2.48. The van der Waals surface area contributed by atoms with E-state index < -0.39 is 16.6 Å². The predicted molar refractivity (Wildman–Crippen MR) is 69.1 cm³/mol. The van der Waals surface area contributed by atoms with Gasteiger partial charge in [0, 0.05) is 12.3 Å². The van der Waals surface area contributed by atoms with Crippen molar-refractivity contribution in [2.24, 2.45) is 0 Å². The van der Waals surface area contributed by atoms with E-state index in [1.165, 1.54) is 24.3 Å². The van der Waals surface area contributed by atoms with Gasteiger partial charge in [0.1, 0.15) is 17.4 Å². The summed E-state index contributed by atoms with van der Waals surface area (Å²) in [4.78, 5) is 24.9. The number of carbonyl (C=O) groups is 1. The van der Waals surface area contributed by atoms with E-state index in [-0.39, 0.29) is 22.8 Å². The van der Waals surface area contributed by atoms with Crippen LogP contribution in [0.1, 0.15) is 15.9 Å². The Kier molecular flexibility index (Phi) is 3.76. The fourth-order valence-electron chi connectivity index (χ4n) is 1.55. The van der Waals surface area contributed by atoms with Crippen LogP contribution in [0.15, 0.2) is 36.5 Å². The first-order chi connectivity index (χ1) is 10.0. The molecule has 104 valence electrons. The SMILES string of the molecule is N#Cc1cnc(Oc2ccccc2C(=O)O)c([N+](=O)[O-])c1. The molecule has 0 bridgehead atoms. The number of pyridine rings is 1. The van der Waals surface area contributed by atoms with Gasteiger partial charge >= 0.3 is 11.7 Å². The molecule has 1 aromatic heterocycles. The van der Waals surface area contributed by atoms with Crippen LogP contribution >= 0.6 is 0 Å². The predicted octanol–water partition coefficient (Wildman–Crippen LogP) is 2.35. The minimum Gasteiger partial charge on any atom is -0.478 e. The Balaban J connectivity index is 2.48. The van der Waals surface area contributed by atoms with Crippen molar-refractivity contribution in [3.8, 4) is 17.7 Å². The van der Waals surface area contributed by atoms with Gasteiger partial charge in [0.15, 0.2) is 0 Å². The maximum atomic E-state index is 11.1. The summed E-state index contributed by atoms with van der Waals surface area (Å²) < 4.78 is 5.22. The van der Waals surface area contributed by atoms with Crippen molar-refractivity contribution < 1.29 is 19.6 Å². The van der Waals surface area contributed by atoms with E-state index in [0.29, 0.717) is 0 Å². The second kappa shape index (κ2) is 5.66. The van der Waals surface area contributed by atoms with Gasteiger partial charge in [-0.2, -0.15) is 5.26 Å². The molecule has 2 rings (SSSR count). The van der Waals surface area contributed by atoms with E-state index in [1.54, 1.807) is 6.07 Å². The lowest BCUT2D eigenvalue weighted by atomic mass is 10.2. The highest BCUT2D eigenvalue weighted by Gasteiger charge is 2.21. The van der Waals surface area contributed by atoms with Gasteiger partial charge in [0.05, 0.1) is 10.5 Å². The van der Waals surface area contributed by atoms with Gasteiger partial charge in [0.2, 0.25) is 0 Å². The first kappa shape index (κ1) is 14.0. The summed E-state index contributed by atoms with van der Waals surface area (Å²) in [6.45, 7) is 0. The fourth-order valence-corrected chi connectivity index (χ4v) is 1.55. The van der Waals surface area contributed by atoms with E-state index >= 15 is 0 Å². The summed E-state index contributed by atoms with van der Waals surface area (Å²) in [5.41, 5.74) is -0.673. The molecule has 2 aromatic rings. The number of rotatable bonds is 4. The number of carboxylic acid groups (broad SMARTS) is 1. The van der Waals surface area contributed by atoms with Crippen LogP contribution in [0.2, 0.25) is 0 Å². The van der Waals surface area contributed by atoms with E-state index in [2.05, 4.69) is 4.98 Å². The maximum absolute atomic E-state index is 11.1. The van der Waals surface area contributed by atoms with Crippen LogP contribution in [-0.4, -0.2) is 21.0 Å². The van der Waals surface area contributed by atoms with Gasteiger partial charge in [-0.1, -0.05) is 12.1 Å². The number of nitrogens with zero attached hydrogens (tertiary/aromatic N) is 3. The molecule has 0 unspecified atom stereocenters. The standard InChI is InChI=1S/C13H7N3O5/c14-6-8-5-10(16(19)20)12(15-7-8)21-11-4-2-1-3-9(11)13(17)18/h1-5,7H,(H,17,18). The fraction of sp³-hybridized carbons (Fsp3) is 0. The van der Waals surface area contributed by atoms with E-state index in [1.807, 2.05) is 0 Å². The molecule has 8 heteroatoms. The molecule has 0 spiro atoms. The molecule has 0 atom stereocenters. The minimum absolute atomic E-state index is 0.000528. The van der Waals surface area contributed by atoms with Gasteiger partial charge in [-0.25, -0.2) is 9.78 Å². The van der Waals surface area contributed by atoms with E-state index in [4.69, 9.17) is 15.1 Å². The summed E-state index contributed by atoms with van der Waals surface area (Å²) >= 11 is 0. The highest BCUT2D eigenvalue weighted by atomic mass is 16.6. The Hall–Kier alpha value is -3.47. The molecule has 0 amide bonds. The number of hydrogen-bond acceptors (Lipinski definition) is 6. The van der Waals surface area contributed by atoms with Crippen LogP contribution in [0.4, 0.5) is 5.69 Å². The molecule has 0 saturated heterocycles. The number of benzene rings is 1. The lowest BCUT2D eigenvalue weighted by Crippen LogP contribution is -2.02. The minimum atomic E-state index is -1.23. The second-order valence-electron chi connectivity index (χ2n) is 3.82. The van der Waals surface area contributed by atoms with Gasteiger partial charge in [0.25, 0.3) is 5.88 Å². The average molecular weight is 285 g/mol. The second-order valence-corrected chi connectivity index (χ2v) is 3.82. The zero-order chi connectivity index (χ0) is 15.4. The van der Waals surface area contributed by atoms with Crippen molar-refractivity contribution in [2.75, 3.05) is 0 Å². The Morgan fingerprint density at radius 2 is 2.14 bits per heavy atom. The Bertz CT molecular complexity index is 767. The van der Waals surface area contributed by atoms with Crippen LogP contribution < -0.4 is 4.74 Å². The number of aromatic carboxylic acids is 1. The van der Waals surface area contributed by atoms with Crippen molar-refractivity contribution >= 4 is 11.7 Å². The third-order valence-corrected chi connectivity index (χ3v) is 2.48. The Morgan fingerprint density at radius 3 is 2.76 bits per heavy atom. The molecule has 8 nitrogen and oxygen atoms in total. The van der Waals surface area contributed by atoms with Crippen LogP contribution in [0.25, 0.3) is 0 Å². The molecule has 0 radical (unpaired) electrons. The van der Waals surface area contributed by atoms with Crippen LogP contribution in [-0.2, 0) is 0 Å². The smallest absolute Gasteiger partial charge is 0.339 e. The normalized spacial score (nSPS) is 9.67. The van der Waals surface area contributed by atoms with Crippen LogP contribution in [0.5, 0.6) is 11.6 Å². The lowest BCUT2D eigenvalue weighted by molar-refractivity contribution is -0.386. The van der Waals surface area contributed by atoms with E-state index in [0.717, 1.165) is 12.3 Å². The molecule has 1 heterocycles. The lowest BCUT2D eigenvalue weighted by Gasteiger charge is -2.07. The summed E-state index contributed by atoms with van der Waals surface area (Å²) in [5, 5.41) is 28.7. The van der Waals surface area contributed by atoms with Crippen molar-refractivity contribution in [1.29, 1.82) is 5.26 Å². The first-order valence-corrected chi connectivity index (χ1v) is 5.57. The van der Waals surface area contributed by atoms with Crippen molar-refractivity contribution in [3.63, 3.8) is 0 Å². The van der Waals surface area contributed by atoms with Gasteiger partial charge in [-0.3, -0.25) is 10.1 Å². The average Bonchev–Trinajstić information content (AvgIpc) is 2.47. The van der Waals surface area contributed by atoms with Gasteiger partial charge in [-0.15, -0.1) is 0 Å². The Labute approximate surface area is 118 Å². The van der Waals surface area contributed by atoms with E-state index in [9.17, 15) is 14.9 Å². The molecular weight excluding hydrogens is 278 g/mol. The van der Waals surface area contributed by atoms with Crippen molar-refractivity contribution in [3.05, 3.63) is 57.8 Å². The highest BCUT2D eigenvalue weighted by molar-refractivity contribution is 5.90.